The second-order valence-electron chi connectivity index (χ2n) is 4.74. The van der Waals surface area contributed by atoms with Crippen LogP contribution in [0.1, 0.15) is 29.3 Å². The molecule has 1 atom stereocenters. The molecule has 3 heteroatoms. The molecule has 1 unspecified atom stereocenters. The van der Waals surface area contributed by atoms with E-state index in [2.05, 4.69) is 40.2 Å². The predicted octanol–water partition coefficient (Wildman–Crippen LogP) is 5.76. The van der Waals surface area contributed by atoms with Gasteiger partial charge in [0.15, 0.2) is 0 Å². The summed E-state index contributed by atoms with van der Waals surface area (Å²) in [6.45, 7) is 0. The Kier molecular flexibility index (Phi) is 5.93. The summed E-state index contributed by atoms with van der Waals surface area (Å²) in [6, 6.07) is 16.5. The quantitative estimate of drug-likeness (QED) is 0.600. The number of benzene rings is 2. The number of ether oxygens (including phenoxy) is 1. The third-order valence-electron chi connectivity index (χ3n) is 3.30. The fourth-order valence-electron chi connectivity index (χ4n) is 2.18. The number of methoxy groups -OCH3 is 1. The minimum absolute atomic E-state index is 0.0953. The summed E-state index contributed by atoms with van der Waals surface area (Å²) in [5, 5.41) is 0.0953. The molecule has 0 N–H and O–H groups in total. The first-order valence-corrected chi connectivity index (χ1v) is 7.95. The lowest BCUT2D eigenvalue weighted by molar-refractivity contribution is 0.412. The summed E-state index contributed by atoms with van der Waals surface area (Å²) in [5.74, 6) is 0.869. The highest BCUT2D eigenvalue weighted by molar-refractivity contribution is 9.10. The van der Waals surface area contributed by atoms with Gasteiger partial charge in [-0.05, 0) is 58.5 Å². The second kappa shape index (κ2) is 7.70. The first-order valence-electron chi connectivity index (χ1n) is 6.72. The van der Waals surface area contributed by atoms with Crippen LogP contribution in [0.3, 0.4) is 0 Å². The van der Waals surface area contributed by atoms with E-state index in [0.29, 0.717) is 0 Å². The van der Waals surface area contributed by atoms with Crippen molar-refractivity contribution in [2.45, 2.75) is 24.6 Å². The average Bonchev–Trinajstić information content (AvgIpc) is 2.48. The van der Waals surface area contributed by atoms with Gasteiger partial charge in [0.25, 0.3) is 0 Å². The predicted molar refractivity (Wildman–Crippen MR) is 88.7 cm³/mol. The zero-order valence-electron chi connectivity index (χ0n) is 11.5. The molecule has 0 fully saturated rings. The number of aryl methyl sites for hydroxylation is 1. The molecular weight excluding hydrogens is 336 g/mol. The van der Waals surface area contributed by atoms with E-state index in [1.165, 1.54) is 11.1 Å². The number of hydrogen-bond donors (Lipinski definition) is 0. The van der Waals surface area contributed by atoms with E-state index < -0.39 is 0 Å². The first-order chi connectivity index (χ1) is 9.70. The molecule has 0 aliphatic rings. The smallest absolute Gasteiger partial charge is 0.133 e. The maximum Gasteiger partial charge on any atom is 0.133 e. The van der Waals surface area contributed by atoms with Crippen molar-refractivity contribution in [3.05, 3.63) is 64.1 Å². The lowest BCUT2D eigenvalue weighted by Gasteiger charge is -2.10. The maximum atomic E-state index is 6.42. The Morgan fingerprint density at radius 3 is 2.55 bits per heavy atom. The van der Waals surface area contributed by atoms with Gasteiger partial charge in [0.1, 0.15) is 5.75 Å². The molecule has 0 saturated heterocycles. The molecule has 2 rings (SSSR count). The molecule has 0 aromatic heterocycles. The molecule has 0 spiro atoms. The van der Waals surface area contributed by atoms with Crippen molar-refractivity contribution in [2.75, 3.05) is 7.11 Å². The average molecular weight is 354 g/mol. The van der Waals surface area contributed by atoms with Crippen LogP contribution in [0, 0.1) is 0 Å². The summed E-state index contributed by atoms with van der Waals surface area (Å²) < 4.78 is 6.24. The third-order valence-corrected chi connectivity index (χ3v) is 4.39. The van der Waals surface area contributed by atoms with Crippen molar-refractivity contribution in [3.8, 4) is 5.75 Å². The largest absolute Gasteiger partial charge is 0.496 e. The number of hydrogen-bond acceptors (Lipinski definition) is 1. The van der Waals surface area contributed by atoms with Crippen LogP contribution >= 0.6 is 27.5 Å². The Bertz CT molecular complexity index is 542. The SMILES string of the molecule is COc1ccc(CCCC(Cl)c2ccccc2)cc1Br. The molecule has 1 nitrogen and oxygen atoms in total. The molecule has 0 radical (unpaired) electrons. The summed E-state index contributed by atoms with van der Waals surface area (Å²) in [7, 11) is 1.68. The van der Waals surface area contributed by atoms with Gasteiger partial charge in [0.2, 0.25) is 0 Å². The van der Waals surface area contributed by atoms with Crippen LogP contribution in [0.4, 0.5) is 0 Å². The van der Waals surface area contributed by atoms with E-state index in [-0.39, 0.29) is 5.38 Å². The summed E-state index contributed by atoms with van der Waals surface area (Å²) in [6.07, 6.45) is 3.08. The van der Waals surface area contributed by atoms with Gasteiger partial charge < -0.3 is 4.74 Å². The molecule has 20 heavy (non-hydrogen) atoms. The Balaban J connectivity index is 1.85. The van der Waals surface area contributed by atoms with E-state index in [1.807, 2.05) is 24.3 Å². The van der Waals surface area contributed by atoms with E-state index in [9.17, 15) is 0 Å². The van der Waals surface area contributed by atoms with Gasteiger partial charge in [-0.2, -0.15) is 0 Å². The molecular formula is C17H18BrClO. The molecule has 0 heterocycles. The molecule has 0 amide bonds. The van der Waals surface area contributed by atoms with Crippen LogP contribution in [-0.4, -0.2) is 7.11 Å². The van der Waals surface area contributed by atoms with Crippen molar-refractivity contribution < 1.29 is 4.74 Å². The molecule has 0 saturated carbocycles. The van der Waals surface area contributed by atoms with Crippen LogP contribution in [0.5, 0.6) is 5.75 Å². The van der Waals surface area contributed by atoms with Crippen LogP contribution < -0.4 is 4.74 Å². The molecule has 2 aromatic carbocycles. The van der Waals surface area contributed by atoms with E-state index in [0.717, 1.165) is 29.5 Å². The lowest BCUT2D eigenvalue weighted by Crippen LogP contribution is -1.93. The van der Waals surface area contributed by atoms with E-state index >= 15 is 0 Å². The normalized spacial score (nSPS) is 12.2. The zero-order chi connectivity index (χ0) is 14.4. The highest BCUT2D eigenvalue weighted by Crippen LogP contribution is 2.28. The van der Waals surface area contributed by atoms with Crippen molar-refractivity contribution in [1.82, 2.24) is 0 Å². The van der Waals surface area contributed by atoms with Crippen molar-refractivity contribution in [1.29, 1.82) is 0 Å². The Hall–Kier alpha value is -0.990. The van der Waals surface area contributed by atoms with Crippen LogP contribution in [0.2, 0.25) is 0 Å². The highest BCUT2D eigenvalue weighted by atomic mass is 79.9. The molecule has 0 bridgehead atoms. The fourth-order valence-corrected chi connectivity index (χ4v) is 3.07. The molecule has 106 valence electrons. The van der Waals surface area contributed by atoms with Gasteiger partial charge >= 0.3 is 0 Å². The Morgan fingerprint density at radius 1 is 1.15 bits per heavy atom. The van der Waals surface area contributed by atoms with E-state index in [1.54, 1.807) is 7.11 Å². The van der Waals surface area contributed by atoms with Gasteiger partial charge in [-0.15, -0.1) is 11.6 Å². The number of halogens is 2. The van der Waals surface area contributed by atoms with Crippen LogP contribution in [0.25, 0.3) is 0 Å². The number of alkyl halides is 1. The Morgan fingerprint density at radius 2 is 1.90 bits per heavy atom. The topological polar surface area (TPSA) is 9.23 Å². The van der Waals surface area contributed by atoms with Gasteiger partial charge in [0.05, 0.1) is 17.0 Å². The van der Waals surface area contributed by atoms with Crippen molar-refractivity contribution >= 4 is 27.5 Å². The number of rotatable bonds is 6. The minimum Gasteiger partial charge on any atom is -0.496 e. The first kappa shape index (κ1) is 15.4. The second-order valence-corrected chi connectivity index (χ2v) is 6.12. The van der Waals surface area contributed by atoms with Crippen LogP contribution in [-0.2, 0) is 6.42 Å². The Labute approximate surface area is 134 Å². The van der Waals surface area contributed by atoms with E-state index in [4.69, 9.17) is 16.3 Å². The van der Waals surface area contributed by atoms with Crippen LogP contribution in [0.15, 0.2) is 53.0 Å². The fraction of sp³-hybridized carbons (Fsp3) is 0.294. The monoisotopic (exact) mass is 352 g/mol. The summed E-state index contributed by atoms with van der Waals surface area (Å²) in [4.78, 5) is 0. The van der Waals surface area contributed by atoms with Gasteiger partial charge in [-0.25, -0.2) is 0 Å². The summed E-state index contributed by atoms with van der Waals surface area (Å²) >= 11 is 9.94. The van der Waals surface area contributed by atoms with Gasteiger partial charge in [-0.1, -0.05) is 36.4 Å². The van der Waals surface area contributed by atoms with Crippen molar-refractivity contribution in [2.24, 2.45) is 0 Å². The highest BCUT2D eigenvalue weighted by Gasteiger charge is 2.07. The minimum atomic E-state index is 0.0953. The lowest BCUT2D eigenvalue weighted by atomic mass is 10.0. The van der Waals surface area contributed by atoms with Gasteiger partial charge in [0, 0.05) is 0 Å². The molecule has 0 aliphatic heterocycles. The van der Waals surface area contributed by atoms with Gasteiger partial charge in [-0.3, -0.25) is 0 Å². The molecule has 0 aliphatic carbocycles. The zero-order valence-corrected chi connectivity index (χ0v) is 13.8. The summed E-state index contributed by atoms with van der Waals surface area (Å²) in [5.41, 5.74) is 2.50. The molecule has 2 aromatic rings. The standard InChI is InChI=1S/C17H18BrClO/c1-20-17-11-10-13(12-15(17)18)6-5-9-16(19)14-7-3-2-4-8-14/h2-4,7-8,10-12,16H,5-6,9H2,1H3. The third kappa shape index (κ3) is 4.26. The van der Waals surface area contributed by atoms with Crippen molar-refractivity contribution in [3.63, 3.8) is 0 Å². The maximum absolute atomic E-state index is 6.42.